The van der Waals surface area contributed by atoms with Crippen molar-refractivity contribution < 1.29 is 38.2 Å². The summed E-state index contributed by atoms with van der Waals surface area (Å²) >= 11 is 2.45. The van der Waals surface area contributed by atoms with Crippen molar-refractivity contribution in [3.63, 3.8) is 0 Å². The third kappa shape index (κ3) is 5.79. The van der Waals surface area contributed by atoms with Gasteiger partial charge in [-0.25, -0.2) is 14.6 Å². The summed E-state index contributed by atoms with van der Waals surface area (Å²) in [5.74, 6) is -1.79. The Bertz CT molecular complexity index is 1120. The summed E-state index contributed by atoms with van der Waals surface area (Å²) in [6.07, 6.45) is -0.824. The fourth-order valence-electron chi connectivity index (χ4n) is 3.25. The van der Waals surface area contributed by atoms with Gasteiger partial charge in [-0.2, -0.15) is 0 Å². The molecule has 0 aromatic carbocycles. The number of nitrogens with two attached hydrogens (primary N) is 1. The number of fused-ring (bicyclic) bond motifs is 1. The standard InChI is InChI=1S/C21H25N5O8S2/c1-5-11-8-35-18-14(24-16(27)13(25-32-7-3)12-9-36-20(22)23-12)17(28)26(18)15(11)19(29)33-10(4)34-21(30)31-6-2/h5,9-10,14,18H,1,6-8H2,2-4H3,(H2,22,23)(H,24,27)/t10?,14?,18-/m1/s1. The van der Waals surface area contributed by atoms with E-state index in [1.165, 1.54) is 29.7 Å². The zero-order valence-corrected chi connectivity index (χ0v) is 21.3. The number of esters is 1. The Morgan fingerprint density at radius 1 is 1.36 bits per heavy atom. The number of hydrogen-bond donors (Lipinski definition) is 2. The van der Waals surface area contributed by atoms with Crippen LogP contribution in [0.5, 0.6) is 0 Å². The lowest BCUT2D eigenvalue weighted by Gasteiger charge is -2.49. The second-order valence-corrected chi connectivity index (χ2v) is 9.14. The molecule has 3 heterocycles. The minimum Gasteiger partial charge on any atom is -0.435 e. The molecule has 36 heavy (non-hydrogen) atoms. The zero-order valence-electron chi connectivity index (χ0n) is 19.7. The average Bonchev–Trinajstić information content (AvgIpc) is 3.27. The molecule has 0 saturated carbocycles. The van der Waals surface area contributed by atoms with Gasteiger partial charge in [0.1, 0.15) is 29.4 Å². The van der Waals surface area contributed by atoms with E-state index in [9.17, 15) is 19.2 Å². The number of amides is 2. The Kier molecular flexibility index (Phi) is 8.93. The van der Waals surface area contributed by atoms with Crippen LogP contribution >= 0.6 is 23.1 Å². The molecule has 194 valence electrons. The van der Waals surface area contributed by atoms with Crippen LogP contribution in [0.25, 0.3) is 0 Å². The topological polar surface area (TPSA) is 172 Å². The summed E-state index contributed by atoms with van der Waals surface area (Å²) in [5.41, 5.74) is 6.15. The van der Waals surface area contributed by atoms with Crippen molar-refractivity contribution in [3.05, 3.63) is 35.0 Å². The first kappa shape index (κ1) is 27.0. The smallest absolute Gasteiger partial charge is 0.435 e. The van der Waals surface area contributed by atoms with E-state index in [1.54, 1.807) is 19.2 Å². The van der Waals surface area contributed by atoms with E-state index < -0.39 is 41.6 Å². The molecule has 3 N–H and O–H groups in total. The third-order valence-electron chi connectivity index (χ3n) is 4.79. The molecule has 2 amide bonds. The first-order valence-corrected chi connectivity index (χ1v) is 12.7. The second kappa shape index (κ2) is 11.9. The van der Waals surface area contributed by atoms with Gasteiger partial charge in [0.2, 0.25) is 6.29 Å². The summed E-state index contributed by atoms with van der Waals surface area (Å²) in [7, 11) is 0. The molecule has 1 saturated heterocycles. The molecule has 1 aromatic heterocycles. The lowest BCUT2D eigenvalue weighted by Crippen LogP contribution is -2.71. The Morgan fingerprint density at radius 3 is 2.72 bits per heavy atom. The van der Waals surface area contributed by atoms with Gasteiger partial charge in [-0.3, -0.25) is 14.5 Å². The maximum atomic E-state index is 13.0. The molecule has 3 rings (SSSR count). The molecular weight excluding hydrogens is 514 g/mol. The van der Waals surface area contributed by atoms with E-state index in [-0.39, 0.29) is 35.4 Å². The van der Waals surface area contributed by atoms with Crippen LogP contribution in [0.2, 0.25) is 0 Å². The van der Waals surface area contributed by atoms with Crippen molar-refractivity contribution in [2.45, 2.75) is 38.5 Å². The van der Waals surface area contributed by atoms with Crippen LogP contribution in [0, 0.1) is 0 Å². The van der Waals surface area contributed by atoms with Crippen LogP contribution in [0.15, 0.2) is 34.5 Å². The van der Waals surface area contributed by atoms with E-state index in [1.807, 2.05) is 0 Å². The number of aromatic nitrogens is 1. The molecule has 0 bridgehead atoms. The lowest BCUT2D eigenvalue weighted by molar-refractivity contribution is -0.168. The van der Waals surface area contributed by atoms with E-state index in [4.69, 9.17) is 20.0 Å². The number of ether oxygens (including phenoxy) is 3. The van der Waals surface area contributed by atoms with E-state index >= 15 is 0 Å². The molecule has 1 fully saturated rings. The minimum absolute atomic E-state index is 0.0426. The van der Waals surface area contributed by atoms with Crippen molar-refractivity contribution >= 4 is 57.9 Å². The van der Waals surface area contributed by atoms with Gasteiger partial charge in [0.15, 0.2) is 10.8 Å². The van der Waals surface area contributed by atoms with Crippen molar-refractivity contribution in [1.82, 2.24) is 15.2 Å². The van der Waals surface area contributed by atoms with E-state index in [0.29, 0.717) is 11.3 Å². The summed E-state index contributed by atoms with van der Waals surface area (Å²) in [5, 5.41) is 7.64. The molecule has 15 heteroatoms. The number of nitrogens with one attached hydrogen (secondary N) is 1. The average molecular weight is 540 g/mol. The Morgan fingerprint density at radius 2 is 2.11 bits per heavy atom. The van der Waals surface area contributed by atoms with Gasteiger partial charge in [-0.1, -0.05) is 17.8 Å². The predicted octanol–water partition coefficient (Wildman–Crippen LogP) is 1.37. The van der Waals surface area contributed by atoms with Crippen LogP contribution in [0.1, 0.15) is 26.5 Å². The van der Waals surface area contributed by atoms with Crippen molar-refractivity contribution in [1.29, 1.82) is 0 Å². The zero-order chi connectivity index (χ0) is 26.4. The van der Waals surface area contributed by atoms with Crippen LogP contribution in [-0.2, 0) is 33.4 Å². The number of allylic oxidation sites excluding steroid dienone is 1. The number of anilines is 1. The van der Waals surface area contributed by atoms with Crippen molar-refractivity contribution in [2.24, 2.45) is 5.16 Å². The van der Waals surface area contributed by atoms with Gasteiger partial charge in [-0.05, 0) is 19.4 Å². The molecule has 3 atom stereocenters. The summed E-state index contributed by atoms with van der Waals surface area (Å²) in [6, 6.07) is -0.951. The van der Waals surface area contributed by atoms with Gasteiger partial charge < -0.3 is 30.1 Å². The third-order valence-corrected chi connectivity index (χ3v) is 6.76. The monoisotopic (exact) mass is 539 g/mol. The first-order valence-electron chi connectivity index (χ1n) is 10.8. The number of thioether (sulfide) groups is 1. The molecule has 2 unspecified atom stereocenters. The van der Waals surface area contributed by atoms with Crippen molar-refractivity contribution in [2.75, 3.05) is 24.7 Å². The molecule has 0 radical (unpaired) electrons. The molecular formula is C21H25N5O8S2. The quantitative estimate of drug-likeness (QED) is 0.145. The van der Waals surface area contributed by atoms with Gasteiger partial charge >= 0.3 is 12.1 Å². The Balaban J connectivity index is 1.74. The highest BCUT2D eigenvalue weighted by Crippen LogP contribution is 2.41. The number of oxime groups is 1. The number of carbonyl (C=O) groups is 4. The maximum Gasteiger partial charge on any atom is 0.511 e. The number of hydrogen-bond acceptors (Lipinski definition) is 13. The normalized spacial score (nSPS) is 20.0. The number of thiazole rings is 1. The SMILES string of the molecule is C=CC1=C(C(=O)OC(C)OC(=O)OCC)N2C(=O)C(NC(=O)C(=NOCC)c3csc(N)n3)[C@H]2SC1. The molecule has 2 aliphatic rings. The number of carbonyl (C=O) groups excluding carboxylic acids is 4. The number of nitrogens with zero attached hydrogens (tertiary/aromatic N) is 3. The van der Waals surface area contributed by atoms with Crippen LogP contribution in [-0.4, -0.2) is 76.2 Å². The summed E-state index contributed by atoms with van der Waals surface area (Å²) in [4.78, 5) is 60.7. The fraction of sp³-hybridized carbons (Fsp3) is 0.429. The van der Waals surface area contributed by atoms with E-state index in [0.717, 1.165) is 11.3 Å². The highest BCUT2D eigenvalue weighted by atomic mass is 32.2. The molecule has 0 aliphatic carbocycles. The van der Waals surface area contributed by atoms with Gasteiger partial charge in [-0.15, -0.1) is 23.1 Å². The molecule has 2 aliphatic heterocycles. The fourth-order valence-corrected chi connectivity index (χ4v) is 5.13. The maximum absolute atomic E-state index is 13.0. The molecule has 1 aromatic rings. The number of rotatable bonds is 10. The predicted molar refractivity (Wildman–Crippen MR) is 131 cm³/mol. The number of nitrogen functional groups attached to an aromatic ring is 1. The Labute approximate surface area is 214 Å². The van der Waals surface area contributed by atoms with Gasteiger partial charge in [0.05, 0.1) is 6.61 Å². The molecule has 13 nitrogen and oxygen atoms in total. The van der Waals surface area contributed by atoms with Crippen LogP contribution in [0.4, 0.5) is 9.93 Å². The van der Waals surface area contributed by atoms with E-state index in [2.05, 4.69) is 26.8 Å². The highest BCUT2D eigenvalue weighted by molar-refractivity contribution is 8.00. The van der Waals surface area contributed by atoms with Gasteiger partial charge in [0.25, 0.3) is 11.8 Å². The van der Waals surface area contributed by atoms with Crippen LogP contribution < -0.4 is 11.1 Å². The van der Waals surface area contributed by atoms with Gasteiger partial charge in [0, 0.05) is 18.1 Å². The first-order chi connectivity index (χ1) is 17.2. The summed E-state index contributed by atoms with van der Waals surface area (Å²) in [6.45, 7) is 8.63. The molecule has 0 spiro atoms. The highest BCUT2D eigenvalue weighted by Gasteiger charge is 2.54. The second-order valence-electron chi connectivity index (χ2n) is 7.14. The number of β-lactam (4-membered cyclic amide) rings is 1. The minimum atomic E-state index is -1.27. The largest absolute Gasteiger partial charge is 0.511 e. The lowest BCUT2D eigenvalue weighted by atomic mass is 10.0. The Hall–Kier alpha value is -3.59. The summed E-state index contributed by atoms with van der Waals surface area (Å²) < 4.78 is 14.7. The van der Waals surface area contributed by atoms with Crippen LogP contribution in [0.3, 0.4) is 0 Å². The van der Waals surface area contributed by atoms with Crippen molar-refractivity contribution in [3.8, 4) is 0 Å².